The molecule has 0 radical (unpaired) electrons. The maximum absolute atomic E-state index is 11.8. The Hall–Kier alpha value is -2.89. The number of phenolic OH excluding ortho intramolecular Hbond substituents is 1. The summed E-state index contributed by atoms with van der Waals surface area (Å²) < 4.78 is 0. The van der Waals surface area contributed by atoms with Crippen LogP contribution in [-0.4, -0.2) is 27.1 Å². The van der Waals surface area contributed by atoms with E-state index in [0.717, 1.165) is 0 Å². The molecular weight excluding hydrogens is 272 g/mol. The molecule has 1 aromatic carbocycles. The topological polar surface area (TPSA) is 99.5 Å². The van der Waals surface area contributed by atoms with Gasteiger partial charge in [-0.3, -0.25) is 4.79 Å². The predicted molar refractivity (Wildman–Crippen MR) is 74.9 cm³/mol. The zero-order valence-electron chi connectivity index (χ0n) is 11.1. The van der Waals surface area contributed by atoms with Gasteiger partial charge in [-0.25, -0.2) is 9.78 Å². The molecule has 0 saturated heterocycles. The van der Waals surface area contributed by atoms with Gasteiger partial charge >= 0.3 is 5.97 Å². The molecule has 6 heteroatoms. The van der Waals surface area contributed by atoms with Gasteiger partial charge in [-0.05, 0) is 17.7 Å². The molecule has 3 N–H and O–H groups in total. The average Bonchev–Trinajstić information content (AvgIpc) is 2.48. The van der Waals surface area contributed by atoms with E-state index in [2.05, 4.69) is 10.3 Å². The van der Waals surface area contributed by atoms with Gasteiger partial charge in [0.2, 0.25) is 5.91 Å². The number of carbonyl (C=O) groups excluding carboxylic acids is 1. The fourth-order valence-corrected chi connectivity index (χ4v) is 1.75. The smallest absolute Gasteiger partial charge is 0.354 e. The second kappa shape index (κ2) is 6.51. The van der Waals surface area contributed by atoms with Crippen LogP contribution in [0.15, 0.2) is 42.6 Å². The SMILES string of the molecule is O=C(Cc1ccccc1O)NCc1ccc(C(=O)O)nc1. The lowest BCUT2D eigenvalue weighted by atomic mass is 10.1. The van der Waals surface area contributed by atoms with E-state index in [1.807, 2.05) is 0 Å². The van der Waals surface area contributed by atoms with E-state index in [1.165, 1.54) is 18.3 Å². The second-order valence-corrected chi connectivity index (χ2v) is 4.44. The Labute approximate surface area is 121 Å². The molecule has 0 aliphatic heterocycles. The lowest BCUT2D eigenvalue weighted by Crippen LogP contribution is -2.24. The van der Waals surface area contributed by atoms with Gasteiger partial charge in [0.25, 0.3) is 0 Å². The van der Waals surface area contributed by atoms with Crippen LogP contribution >= 0.6 is 0 Å². The predicted octanol–water partition coefficient (Wildman–Crippen LogP) is 1.34. The third kappa shape index (κ3) is 4.04. The number of hydrogen-bond donors (Lipinski definition) is 3. The van der Waals surface area contributed by atoms with Crippen molar-refractivity contribution in [1.29, 1.82) is 0 Å². The van der Waals surface area contributed by atoms with Gasteiger partial charge in [0, 0.05) is 18.3 Å². The highest BCUT2D eigenvalue weighted by molar-refractivity contribution is 5.85. The standard InChI is InChI=1S/C15H14N2O4/c18-13-4-2-1-3-11(13)7-14(19)17-9-10-5-6-12(15(20)21)16-8-10/h1-6,8,18H,7,9H2,(H,17,19)(H,20,21). The molecule has 0 saturated carbocycles. The molecule has 6 nitrogen and oxygen atoms in total. The van der Waals surface area contributed by atoms with Gasteiger partial charge in [0.05, 0.1) is 6.42 Å². The van der Waals surface area contributed by atoms with Gasteiger partial charge in [-0.1, -0.05) is 24.3 Å². The number of aromatic nitrogens is 1. The fourth-order valence-electron chi connectivity index (χ4n) is 1.75. The summed E-state index contributed by atoms with van der Waals surface area (Å²) in [4.78, 5) is 26.2. The molecule has 21 heavy (non-hydrogen) atoms. The number of benzene rings is 1. The highest BCUT2D eigenvalue weighted by atomic mass is 16.4. The maximum atomic E-state index is 11.8. The number of rotatable bonds is 5. The molecule has 0 spiro atoms. The van der Waals surface area contributed by atoms with E-state index in [0.29, 0.717) is 11.1 Å². The van der Waals surface area contributed by atoms with E-state index in [1.54, 1.807) is 24.3 Å². The van der Waals surface area contributed by atoms with Gasteiger partial charge < -0.3 is 15.5 Å². The third-order valence-corrected chi connectivity index (χ3v) is 2.88. The lowest BCUT2D eigenvalue weighted by Gasteiger charge is -2.06. The number of amides is 1. The number of aromatic hydroxyl groups is 1. The molecule has 1 aromatic heterocycles. The number of carbonyl (C=O) groups is 2. The minimum atomic E-state index is -1.09. The van der Waals surface area contributed by atoms with Crippen molar-refractivity contribution in [2.75, 3.05) is 0 Å². The van der Waals surface area contributed by atoms with Crippen molar-refractivity contribution in [1.82, 2.24) is 10.3 Å². The van der Waals surface area contributed by atoms with Crippen LogP contribution in [0.25, 0.3) is 0 Å². The second-order valence-electron chi connectivity index (χ2n) is 4.44. The summed E-state index contributed by atoms with van der Waals surface area (Å²) in [6.07, 6.45) is 1.48. The molecule has 1 heterocycles. The Morgan fingerprint density at radius 1 is 1.14 bits per heavy atom. The number of aromatic carboxylic acids is 1. The molecule has 2 aromatic rings. The van der Waals surface area contributed by atoms with Crippen LogP contribution in [0.4, 0.5) is 0 Å². The minimum absolute atomic E-state index is 0.0423. The first-order valence-corrected chi connectivity index (χ1v) is 6.28. The van der Waals surface area contributed by atoms with Gasteiger partial charge in [0.15, 0.2) is 0 Å². The molecule has 2 rings (SSSR count). The Balaban J connectivity index is 1.89. The van der Waals surface area contributed by atoms with E-state index < -0.39 is 5.97 Å². The summed E-state index contributed by atoms with van der Waals surface area (Å²) in [7, 11) is 0. The number of nitrogens with zero attached hydrogens (tertiary/aromatic N) is 1. The number of nitrogens with one attached hydrogen (secondary N) is 1. The Morgan fingerprint density at radius 2 is 1.90 bits per heavy atom. The molecule has 1 amide bonds. The van der Waals surface area contributed by atoms with E-state index >= 15 is 0 Å². The van der Waals surface area contributed by atoms with Crippen LogP contribution in [0, 0.1) is 0 Å². The summed E-state index contributed by atoms with van der Waals surface area (Å²) in [6.45, 7) is 0.249. The fraction of sp³-hybridized carbons (Fsp3) is 0.133. The third-order valence-electron chi connectivity index (χ3n) is 2.88. The van der Waals surface area contributed by atoms with Crippen LogP contribution in [0.5, 0.6) is 5.75 Å². The van der Waals surface area contributed by atoms with Crippen molar-refractivity contribution in [3.63, 3.8) is 0 Å². The van der Waals surface area contributed by atoms with E-state index in [4.69, 9.17) is 5.11 Å². The molecule has 0 bridgehead atoms. The lowest BCUT2D eigenvalue weighted by molar-refractivity contribution is -0.120. The molecule has 0 atom stereocenters. The maximum Gasteiger partial charge on any atom is 0.354 e. The molecule has 0 unspecified atom stereocenters. The van der Waals surface area contributed by atoms with Crippen LogP contribution in [0.3, 0.4) is 0 Å². The number of para-hydroxylation sites is 1. The van der Waals surface area contributed by atoms with Crippen LogP contribution < -0.4 is 5.32 Å². The Morgan fingerprint density at radius 3 is 2.52 bits per heavy atom. The number of carboxylic acid groups (broad SMARTS) is 1. The first kappa shape index (κ1) is 14.5. The van der Waals surface area contributed by atoms with Crippen molar-refractivity contribution < 1.29 is 19.8 Å². The van der Waals surface area contributed by atoms with Crippen LogP contribution in [-0.2, 0) is 17.8 Å². The first-order chi connectivity index (χ1) is 10.1. The average molecular weight is 286 g/mol. The van der Waals surface area contributed by atoms with Crippen molar-refractivity contribution in [2.24, 2.45) is 0 Å². The van der Waals surface area contributed by atoms with Crippen LogP contribution in [0.1, 0.15) is 21.6 Å². The van der Waals surface area contributed by atoms with E-state index in [9.17, 15) is 14.7 Å². The molecule has 0 aliphatic carbocycles. The van der Waals surface area contributed by atoms with Crippen molar-refractivity contribution in [3.05, 3.63) is 59.4 Å². The van der Waals surface area contributed by atoms with Crippen LogP contribution in [0.2, 0.25) is 0 Å². The highest BCUT2D eigenvalue weighted by Crippen LogP contribution is 2.15. The summed E-state index contributed by atoms with van der Waals surface area (Å²) >= 11 is 0. The molecule has 0 aliphatic rings. The van der Waals surface area contributed by atoms with Gasteiger partial charge in [-0.2, -0.15) is 0 Å². The number of hydrogen-bond acceptors (Lipinski definition) is 4. The Kier molecular flexibility index (Phi) is 4.50. The number of carboxylic acids is 1. The molecular formula is C15H14N2O4. The van der Waals surface area contributed by atoms with Crippen molar-refractivity contribution in [2.45, 2.75) is 13.0 Å². The zero-order chi connectivity index (χ0) is 15.2. The molecule has 108 valence electrons. The highest BCUT2D eigenvalue weighted by Gasteiger charge is 2.08. The minimum Gasteiger partial charge on any atom is -0.508 e. The van der Waals surface area contributed by atoms with E-state index in [-0.39, 0.29) is 30.3 Å². The summed E-state index contributed by atoms with van der Waals surface area (Å²) in [5.41, 5.74) is 1.21. The van der Waals surface area contributed by atoms with Crippen molar-refractivity contribution >= 4 is 11.9 Å². The van der Waals surface area contributed by atoms with Crippen molar-refractivity contribution in [3.8, 4) is 5.75 Å². The largest absolute Gasteiger partial charge is 0.508 e. The summed E-state index contributed by atoms with van der Waals surface area (Å²) in [5.74, 6) is -1.25. The quantitative estimate of drug-likeness (QED) is 0.770. The normalized spacial score (nSPS) is 10.1. The monoisotopic (exact) mass is 286 g/mol. The number of pyridine rings is 1. The first-order valence-electron chi connectivity index (χ1n) is 6.28. The van der Waals surface area contributed by atoms with Gasteiger partial charge in [-0.15, -0.1) is 0 Å². The Bertz CT molecular complexity index is 653. The molecule has 0 fully saturated rings. The van der Waals surface area contributed by atoms with Gasteiger partial charge in [0.1, 0.15) is 11.4 Å². The summed E-state index contributed by atoms with van der Waals surface area (Å²) in [5, 5.41) is 21.0. The number of phenols is 1. The summed E-state index contributed by atoms with van der Waals surface area (Å²) in [6, 6.07) is 9.61. The zero-order valence-corrected chi connectivity index (χ0v) is 11.1.